The third-order valence-electron chi connectivity index (χ3n) is 3.08. The van der Waals surface area contributed by atoms with E-state index >= 15 is 0 Å². The maximum Gasteiger partial charge on any atom is 0.224 e. The van der Waals surface area contributed by atoms with Gasteiger partial charge in [0.1, 0.15) is 5.76 Å². The number of aromatic nitrogens is 1. The number of rotatable bonds is 6. The van der Waals surface area contributed by atoms with Crippen molar-refractivity contribution >= 4 is 5.91 Å². The van der Waals surface area contributed by atoms with E-state index in [-0.39, 0.29) is 5.91 Å². The molecule has 106 valence electrons. The van der Waals surface area contributed by atoms with Crippen LogP contribution in [0.15, 0.2) is 34.9 Å². The lowest BCUT2D eigenvalue weighted by atomic mass is 10.0. The molecule has 0 spiro atoms. The highest BCUT2D eigenvalue weighted by molar-refractivity contribution is 5.78. The van der Waals surface area contributed by atoms with Gasteiger partial charge in [-0.15, -0.1) is 0 Å². The van der Waals surface area contributed by atoms with Crippen LogP contribution < -0.4 is 11.1 Å². The standard InChI is InChI=1S/C15H19N3O2/c1-2-13-9-18-15(20-13)10-17-14(19)7-11-5-3-4-6-12(11)8-16/h3-6,9H,2,7-8,10,16H2,1H3,(H,17,19). The topological polar surface area (TPSA) is 81.2 Å². The minimum Gasteiger partial charge on any atom is -0.444 e. The minimum atomic E-state index is -0.0675. The fourth-order valence-electron chi connectivity index (χ4n) is 1.93. The van der Waals surface area contributed by atoms with Crippen molar-refractivity contribution < 1.29 is 9.21 Å². The van der Waals surface area contributed by atoms with Crippen LogP contribution >= 0.6 is 0 Å². The van der Waals surface area contributed by atoms with Gasteiger partial charge in [-0.25, -0.2) is 4.98 Å². The zero-order valence-electron chi connectivity index (χ0n) is 11.6. The SMILES string of the molecule is CCc1cnc(CNC(=O)Cc2ccccc2CN)o1. The number of nitrogens with one attached hydrogen (secondary N) is 1. The normalized spacial score (nSPS) is 10.5. The van der Waals surface area contributed by atoms with Crippen LogP contribution in [0.5, 0.6) is 0 Å². The summed E-state index contributed by atoms with van der Waals surface area (Å²) in [6.45, 7) is 2.74. The zero-order chi connectivity index (χ0) is 14.4. The fraction of sp³-hybridized carbons (Fsp3) is 0.333. The van der Waals surface area contributed by atoms with Crippen LogP contribution in [0.2, 0.25) is 0 Å². The molecule has 0 radical (unpaired) electrons. The second-order valence-electron chi connectivity index (χ2n) is 4.50. The van der Waals surface area contributed by atoms with Gasteiger partial charge in [-0.3, -0.25) is 4.79 Å². The molecule has 0 aliphatic carbocycles. The summed E-state index contributed by atoms with van der Waals surface area (Å²) in [5.41, 5.74) is 7.60. The summed E-state index contributed by atoms with van der Waals surface area (Å²) in [6, 6.07) is 7.68. The van der Waals surface area contributed by atoms with E-state index in [0.29, 0.717) is 25.4 Å². The molecular formula is C15H19N3O2. The molecule has 1 amide bonds. The first-order chi connectivity index (χ1) is 9.72. The number of nitrogens with zero attached hydrogens (tertiary/aromatic N) is 1. The number of amides is 1. The predicted molar refractivity (Wildman–Crippen MR) is 75.8 cm³/mol. The third kappa shape index (κ3) is 3.68. The lowest BCUT2D eigenvalue weighted by Crippen LogP contribution is -2.25. The molecule has 0 atom stereocenters. The Hall–Kier alpha value is -2.14. The quantitative estimate of drug-likeness (QED) is 0.836. The summed E-state index contributed by atoms with van der Waals surface area (Å²) in [6.07, 6.45) is 2.80. The molecule has 3 N–H and O–H groups in total. The van der Waals surface area contributed by atoms with E-state index in [9.17, 15) is 4.79 Å². The van der Waals surface area contributed by atoms with Gasteiger partial charge in [-0.05, 0) is 11.1 Å². The number of nitrogens with two attached hydrogens (primary N) is 1. The number of hydrogen-bond donors (Lipinski definition) is 2. The number of benzene rings is 1. The van der Waals surface area contributed by atoms with E-state index < -0.39 is 0 Å². The Labute approximate surface area is 118 Å². The van der Waals surface area contributed by atoms with Crippen molar-refractivity contribution in [2.24, 2.45) is 5.73 Å². The fourth-order valence-corrected chi connectivity index (χ4v) is 1.93. The number of oxazole rings is 1. The van der Waals surface area contributed by atoms with Crippen molar-refractivity contribution in [3.8, 4) is 0 Å². The van der Waals surface area contributed by atoms with Crippen molar-refractivity contribution in [1.29, 1.82) is 0 Å². The maximum atomic E-state index is 11.9. The summed E-state index contributed by atoms with van der Waals surface area (Å²) in [4.78, 5) is 16.0. The molecule has 0 saturated heterocycles. The Morgan fingerprint density at radius 1 is 1.35 bits per heavy atom. The summed E-state index contributed by atoms with van der Waals surface area (Å²) >= 11 is 0. The first kappa shape index (κ1) is 14.3. The highest BCUT2D eigenvalue weighted by Gasteiger charge is 2.08. The molecule has 20 heavy (non-hydrogen) atoms. The van der Waals surface area contributed by atoms with E-state index in [1.165, 1.54) is 0 Å². The third-order valence-corrected chi connectivity index (χ3v) is 3.08. The van der Waals surface area contributed by atoms with Crippen LogP contribution in [-0.2, 0) is 30.7 Å². The minimum absolute atomic E-state index is 0.0675. The van der Waals surface area contributed by atoms with Crippen LogP contribution in [-0.4, -0.2) is 10.9 Å². The number of carbonyl (C=O) groups excluding carboxylic acids is 1. The van der Waals surface area contributed by atoms with Gasteiger partial charge in [-0.1, -0.05) is 31.2 Å². The summed E-state index contributed by atoms with van der Waals surface area (Å²) in [5, 5.41) is 2.80. The van der Waals surface area contributed by atoms with Crippen LogP contribution in [0.1, 0.15) is 29.7 Å². The van der Waals surface area contributed by atoms with E-state index in [1.807, 2.05) is 31.2 Å². The number of carbonyl (C=O) groups is 1. The Morgan fingerprint density at radius 3 is 2.75 bits per heavy atom. The molecule has 0 unspecified atom stereocenters. The van der Waals surface area contributed by atoms with Gasteiger partial charge in [0.15, 0.2) is 0 Å². The van der Waals surface area contributed by atoms with Crippen LogP contribution in [0.25, 0.3) is 0 Å². The second-order valence-corrected chi connectivity index (χ2v) is 4.50. The highest BCUT2D eigenvalue weighted by atomic mass is 16.4. The number of hydrogen-bond acceptors (Lipinski definition) is 4. The molecule has 0 fully saturated rings. The lowest BCUT2D eigenvalue weighted by Gasteiger charge is -2.07. The Balaban J connectivity index is 1.89. The van der Waals surface area contributed by atoms with Crippen molar-refractivity contribution in [3.05, 3.63) is 53.2 Å². The molecule has 1 aromatic carbocycles. The van der Waals surface area contributed by atoms with Crippen molar-refractivity contribution in [2.45, 2.75) is 32.9 Å². The van der Waals surface area contributed by atoms with Crippen molar-refractivity contribution in [3.63, 3.8) is 0 Å². The van der Waals surface area contributed by atoms with Gasteiger partial charge in [0.2, 0.25) is 11.8 Å². The summed E-state index contributed by atoms with van der Waals surface area (Å²) in [7, 11) is 0. The molecule has 2 aromatic rings. The second kappa shape index (κ2) is 6.86. The molecule has 0 bridgehead atoms. The molecular weight excluding hydrogens is 254 g/mol. The van der Waals surface area contributed by atoms with Gasteiger partial charge in [0.05, 0.1) is 19.2 Å². The molecule has 5 nitrogen and oxygen atoms in total. The van der Waals surface area contributed by atoms with E-state index in [2.05, 4.69) is 10.3 Å². The lowest BCUT2D eigenvalue weighted by molar-refractivity contribution is -0.120. The van der Waals surface area contributed by atoms with Gasteiger partial charge in [0.25, 0.3) is 0 Å². The molecule has 5 heteroatoms. The Kier molecular flexibility index (Phi) is 4.90. The zero-order valence-corrected chi connectivity index (χ0v) is 11.6. The van der Waals surface area contributed by atoms with Gasteiger partial charge in [0, 0.05) is 13.0 Å². The Morgan fingerprint density at radius 2 is 2.10 bits per heavy atom. The molecule has 0 saturated carbocycles. The van der Waals surface area contributed by atoms with Crippen LogP contribution in [0.3, 0.4) is 0 Å². The summed E-state index contributed by atoms with van der Waals surface area (Å²) in [5.74, 6) is 1.28. The van der Waals surface area contributed by atoms with E-state index in [1.54, 1.807) is 6.20 Å². The van der Waals surface area contributed by atoms with Crippen LogP contribution in [0.4, 0.5) is 0 Å². The molecule has 2 rings (SSSR count). The van der Waals surface area contributed by atoms with E-state index in [0.717, 1.165) is 23.3 Å². The first-order valence-electron chi connectivity index (χ1n) is 6.70. The number of aryl methyl sites for hydroxylation is 1. The smallest absolute Gasteiger partial charge is 0.224 e. The first-order valence-corrected chi connectivity index (χ1v) is 6.70. The average Bonchev–Trinajstić information content (AvgIpc) is 2.94. The molecule has 1 aromatic heterocycles. The highest BCUT2D eigenvalue weighted by Crippen LogP contribution is 2.09. The van der Waals surface area contributed by atoms with Gasteiger partial charge in [-0.2, -0.15) is 0 Å². The maximum absolute atomic E-state index is 11.9. The predicted octanol–water partition coefficient (Wildman–Crippen LogP) is 1.55. The monoisotopic (exact) mass is 273 g/mol. The van der Waals surface area contributed by atoms with Crippen molar-refractivity contribution in [1.82, 2.24) is 10.3 Å². The molecule has 0 aliphatic rings. The molecule has 1 heterocycles. The Bertz CT molecular complexity index is 578. The van der Waals surface area contributed by atoms with Crippen molar-refractivity contribution in [2.75, 3.05) is 0 Å². The van der Waals surface area contributed by atoms with Gasteiger partial charge >= 0.3 is 0 Å². The van der Waals surface area contributed by atoms with E-state index in [4.69, 9.17) is 10.2 Å². The average molecular weight is 273 g/mol. The van der Waals surface area contributed by atoms with Crippen LogP contribution in [0, 0.1) is 0 Å². The summed E-state index contributed by atoms with van der Waals surface area (Å²) < 4.78 is 5.43. The largest absolute Gasteiger partial charge is 0.444 e. The molecule has 0 aliphatic heterocycles. The van der Waals surface area contributed by atoms with Gasteiger partial charge < -0.3 is 15.5 Å².